The van der Waals surface area contributed by atoms with Crippen molar-refractivity contribution in [2.75, 3.05) is 6.54 Å². The van der Waals surface area contributed by atoms with Crippen LogP contribution in [0.2, 0.25) is 0 Å². The summed E-state index contributed by atoms with van der Waals surface area (Å²) in [4.78, 5) is 0. The SMILES string of the molecule is C[C@@H](NCCc1ccccc1)C1CCCCC1. The summed E-state index contributed by atoms with van der Waals surface area (Å²) in [5.41, 5.74) is 1.44. The highest BCUT2D eigenvalue weighted by Gasteiger charge is 2.18. The topological polar surface area (TPSA) is 12.0 Å². The van der Waals surface area contributed by atoms with Crippen molar-refractivity contribution in [3.05, 3.63) is 35.9 Å². The van der Waals surface area contributed by atoms with E-state index in [1.165, 1.54) is 37.7 Å². The molecule has 0 heterocycles. The van der Waals surface area contributed by atoms with Crippen LogP contribution in [0.4, 0.5) is 0 Å². The van der Waals surface area contributed by atoms with Crippen molar-refractivity contribution in [1.29, 1.82) is 0 Å². The molecule has 1 atom stereocenters. The lowest BCUT2D eigenvalue weighted by molar-refractivity contribution is 0.283. The van der Waals surface area contributed by atoms with Gasteiger partial charge in [0.05, 0.1) is 0 Å². The van der Waals surface area contributed by atoms with Gasteiger partial charge >= 0.3 is 0 Å². The van der Waals surface area contributed by atoms with Gasteiger partial charge in [-0.1, -0.05) is 49.6 Å². The second kappa shape index (κ2) is 6.80. The van der Waals surface area contributed by atoms with Gasteiger partial charge in [-0.3, -0.25) is 0 Å². The molecule has 1 heteroatoms. The average Bonchev–Trinajstić information content (AvgIpc) is 2.41. The van der Waals surface area contributed by atoms with Crippen LogP contribution in [-0.2, 0) is 6.42 Å². The Bertz CT molecular complexity index is 301. The summed E-state index contributed by atoms with van der Waals surface area (Å²) in [6.07, 6.45) is 8.34. The lowest BCUT2D eigenvalue weighted by Gasteiger charge is -2.28. The third kappa shape index (κ3) is 4.16. The smallest absolute Gasteiger partial charge is 0.00671 e. The van der Waals surface area contributed by atoms with Crippen LogP contribution < -0.4 is 5.32 Å². The van der Waals surface area contributed by atoms with Crippen molar-refractivity contribution in [2.24, 2.45) is 5.92 Å². The molecule has 2 rings (SSSR count). The van der Waals surface area contributed by atoms with E-state index in [2.05, 4.69) is 42.6 Å². The first-order valence-electron chi connectivity index (χ1n) is 7.13. The molecule has 1 aromatic carbocycles. The first kappa shape index (κ1) is 12.6. The highest BCUT2D eigenvalue weighted by molar-refractivity contribution is 5.14. The molecule has 1 aliphatic rings. The van der Waals surface area contributed by atoms with E-state index in [0.29, 0.717) is 6.04 Å². The first-order chi connectivity index (χ1) is 8.36. The fraction of sp³-hybridized carbons (Fsp3) is 0.625. The Morgan fingerprint density at radius 1 is 1.12 bits per heavy atom. The number of benzene rings is 1. The molecule has 0 aromatic heterocycles. The Morgan fingerprint density at radius 2 is 1.82 bits per heavy atom. The Morgan fingerprint density at radius 3 is 2.53 bits per heavy atom. The minimum atomic E-state index is 0.694. The van der Waals surface area contributed by atoms with E-state index in [1.54, 1.807) is 0 Å². The van der Waals surface area contributed by atoms with Gasteiger partial charge in [-0.05, 0) is 44.2 Å². The summed E-state index contributed by atoms with van der Waals surface area (Å²) in [5, 5.41) is 3.70. The fourth-order valence-corrected chi connectivity index (χ4v) is 2.89. The van der Waals surface area contributed by atoms with Crippen molar-refractivity contribution in [1.82, 2.24) is 5.32 Å². The number of hydrogen-bond donors (Lipinski definition) is 1. The van der Waals surface area contributed by atoms with E-state index in [9.17, 15) is 0 Å². The van der Waals surface area contributed by atoms with Crippen LogP contribution in [0, 0.1) is 5.92 Å². The van der Waals surface area contributed by atoms with Crippen molar-refractivity contribution in [3.8, 4) is 0 Å². The normalized spacial score (nSPS) is 19.1. The fourth-order valence-electron chi connectivity index (χ4n) is 2.89. The van der Waals surface area contributed by atoms with Gasteiger partial charge in [-0.2, -0.15) is 0 Å². The van der Waals surface area contributed by atoms with Gasteiger partial charge in [-0.25, -0.2) is 0 Å². The summed E-state index contributed by atoms with van der Waals surface area (Å²) in [6.45, 7) is 3.47. The van der Waals surface area contributed by atoms with Crippen LogP contribution in [0.1, 0.15) is 44.6 Å². The molecule has 0 spiro atoms. The Hall–Kier alpha value is -0.820. The zero-order valence-electron chi connectivity index (χ0n) is 11.0. The minimum Gasteiger partial charge on any atom is -0.314 e. The molecule has 1 aliphatic carbocycles. The number of rotatable bonds is 5. The van der Waals surface area contributed by atoms with Crippen molar-refractivity contribution >= 4 is 0 Å². The molecule has 1 saturated carbocycles. The molecular weight excluding hydrogens is 206 g/mol. The molecule has 1 nitrogen and oxygen atoms in total. The molecule has 0 radical (unpaired) electrons. The van der Waals surface area contributed by atoms with Crippen molar-refractivity contribution in [3.63, 3.8) is 0 Å². The van der Waals surface area contributed by atoms with Crippen LogP contribution in [0.5, 0.6) is 0 Å². The zero-order valence-corrected chi connectivity index (χ0v) is 11.0. The number of nitrogens with one attached hydrogen (secondary N) is 1. The predicted octanol–water partition coefficient (Wildman–Crippen LogP) is 3.79. The van der Waals surface area contributed by atoms with Gasteiger partial charge < -0.3 is 5.32 Å². The molecule has 0 bridgehead atoms. The molecule has 17 heavy (non-hydrogen) atoms. The summed E-state index contributed by atoms with van der Waals surface area (Å²) in [5.74, 6) is 0.916. The largest absolute Gasteiger partial charge is 0.314 e. The van der Waals surface area contributed by atoms with E-state index in [1.807, 2.05) is 0 Å². The van der Waals surface area contributed by atoms with E-state index >= 15 is 0 Å². The third-order valence-electron chi connectivity index (χ3n) is 4.08. The van der Waals surface area contributed by atoms with Gasteiger partial charge in [-0.15, -0.1) is 0 Å². The molecule has 1 fully saturated rings. The van der Waals surface area contributed by atoms with Gasteiger partial charge in [0.2, 0.25) is 0 Å². The van der Waals surface area contributed by atoms with Gasteiger partial charge in [0.1, 0.15) is 0 Å². The maximum absolute atomic E-state index is 3.70. The molecule has 0 unspecified atom stereocenters. The molecule has 0 amide bonds. The summed E-state index contributed by atoms with van der Waals surface area (Å²) < 4.78 is 0. The van der Waals surface area contributed by atoms with E-state index in [4.69, 9.17) is 0 Å². The third-order valence-corrected chi connectivity index (χ3v) is 4.08. The summed E-state index contributed by atoms with van der Waals surface area (Å²) in [7, 11) is 0. The lowest BCUT2D eigenvalue weighted by atomic mass is 9.84. The van der Waals surface area contributed by atoms with Crippen molar-refractivity contribution < 1.29 is 0 Å². The van der Waals surface area contributed by atoms with Gasteiger partial charge in [0.25, 0.3) is 0 Å². The molecule has 0 aliphatic heterocycles. The summed E-state index contributed by atoms with van der Waals surface area (Å²) >= 11 is 0. The van der Waals surface area contributed by atoms with Crippen LogP contribution in [0.3, 0.4) is 0 Å². The maximum Gasteiger partial charge on any atom is 0.00671 e. The van der Waals surface area contributed by atoms with Crippen LogP contribution in [0.15, 0.2) is 30.3 Å². The summed E-state index contributed by atoms with van der Waals surface area (Å²) in [6, 6.07) is 11.5. The van der Waals surface area contributed by atoms with E-state index in [-0.39, 0.29) is 0 Å². The molecule has 0 saturated heterocycles. The van der Waals surface area contributed by atoms with E-state index < -0.39 is 0 Å². The second-order valence-corrected chi connectivity index (χ2v) is 5.38. The average molecular weight is 231 g/mol. The Labute approximate surface area is 106 Å². The molecular formula is C16H25N. The van der Waals surface area contributed by atoms with Gasteiger partial charge in [0, 0.05) is 6.04 Å². The van der Waals surface area contributed by atoms with E-state index in [0.717, 1.165) is 18.9 Å². The predicted molar refractivity (Wildman–Crippen MR) is 74.2 cm³/mol. The Balaban J connectivity index is 1.67. The monoisotopic (exact) mass is 231 g/mol. The maximum atomic E-state index is 3.70. The quantitative estimate of drug-likeness (QED) is 0.813. The molecule has 1 aromatic rings. The first-order valence-corrected chi connectivity index (χ1v) is 7.13. The second-order valence-electron chi connectivity index (χ2n) is 5.38. The van der Waals surface area contributed by atoms with Crippen LogP contribution in [0.25, 0.3) is 0 Å². The van der Waals surface area contributed by atoms with Crippen LogP contribution in [-0.4, -0.2) is 12.6 Å². The number of hydrogen-bond acceptors (Lipinski definition) is 1. The standard InChI is InChI=1S/C16H25N/c1-14(16-10-6-3-7-11-16)17-13-12-15-8-4-2-5-9-15/h2,4-5,8-9,14,16-17H,3,6-7,10-13H2,1H3/t14-/m1/s1. The molecule has 1 N–H and O–H groups in total. The van der Waals surface area contributed by atoms with Crippen molar-refractivity contribution in [2.45, 2.75) is 51.5 Å². The minimum absolute atomic E-state index is 0.694. The highest BCUT2D eigenvalue weighted by Crippen LogP contribution is 2.26. The highest BCUT2D eigenvalue weighted by atomic mass is 14.9. The molecule has 94 valence electrons. The van der Waals surface area contributed by atoms with Gasteiger partial charge in [0.15, 0.2) is 0 Å². The van der Waals surface area contributed by atoms with Crippen LogP contribution >= 0.6 is 0 Å². The Kier molecular flexibility index (Phi) is 5.06. The lowest BCUT2D eigenvalue weighted by Crippen LogP contribution is -2.35. The zero-order chi connectivity index (χ0) is 11.9.